The van der Waals surface area contributed by atoms with E-state index < -0.39 is 5.60 Å². The molecule has 0 heterocycles. The lowest BCUT2D eigenvalue weighted by Gasteiger charge is -2.58. The zero-order valence-electron chi connectivity index (χ0n) is 17.5. The number of fused-ring (bicyclic) bond motifs is 5. The van der Waals surface area contributed by atoms with Gasteiger partial charge in [0.25, 0.3) is 0 Å². The van der Waals surface area contributed by atoms with Gasteiger partial charge in [-0.2, -0.15) is 0 Å². The van der Waals surface area contributed by atoms with Crippen molar-refractivity contribution in [2.24, 2.45) is 34.5 Å². The van der Waals surface area contributed by atoms with Crippen LogP contribution in [0.4, 0.5) is 0 Å². The summed E-state index contributed by atoms with van der Waals surface area (Å²) in [6, 6.07) is 0. The number of rotatable bonds is 3. The molecule has 0 bridgehead atoms. The van der Waals surface area contributed by atoms with E-state index in [1.807, 2.05) is 6.92 Å². The Labute approximate surface area is 164 Å². The summed E-state index contributed by atoms with van der Waals surface area (Å²) in [4.78, 5) is 10.8. The number of carbonyl (C=O) groups excluding carboxylic acids is 1. The van der Waals surface area contributed by atoms with Gasteiger partial charge in [-0.1, -0.05) is 50.1 Å². The van der Waals surface area contributed by atoms with Crippen LogP contribution in [0.25, 0.3) is 0 Å². The standard InChI is InChI=1S/C25H36O2/c1-17(6-5-15-26)20-9-10-21-19-8-7-18-16-23(2,27)13-14-24(18,3)22(19)11-12-25(20,21)4/h5-7,9,15,17,19,21-22,27H,8,10-14,16H2,1-4H3/b6-5+/t17-,19+,21+,22+,23+,24+,25-/m1/s1. The highest BCUT2D eigenvalue weighted by molar-refractivity contribution is 5.64. The zero-order chi connectivity index (χ0) is 19.4. The maximum absolute atomic E-state index is 10.8. The van der Waals surface area contributed by atoms with E-state index in [1.165, 1.54) is 31.3 Å². The summed E-state index contributed by atoms with van der Waals surface area (Å²) in [6.45, 7) is 9.24. The fourth-order valence-electron chi connectivity index (χ4n) is 7.43. The quantitative estimate of drug-likeness (QED) is 0.398. The molecule has 0 radical (unpaired) electrons. The molecule has 2 heteroatoms. The number of allylic oxidation sites excluding steroid dienone is 5. The number of hydrogen-bond acceptors (Lipinski definition) is 2. The first-order valence-corrected chi connectivity index (χ1v) is 11.0. The first-order chi connectivity index (χ1) is 12.7. The average molecular weight is 369 g/mol. The van der Waals surface area contributed by atoms with Crippen molar-refractivity contribution < 1.29 is 9.90 Å². The molecule has 0 aliphatic heterocycles. The minimum atomic E-state index is -0.510. The third-order valence-corrected chi connectivity index (χ3v) is 8.99. The Morgan fingerprint density at radius 3 is 2.59 bits per heavy atom. The normalized spacial score (nSPS) is 47.5. The van der Waals surface area contributed by atoms with Crippen molar-refractivity contribution in [1.82, 2.24) is 0 Å². The number of aliphatic hydroxyl groups is 1. The number of aldehydes is 1. The lowest BCUT2D eigenvalue weighted by atomic mass is 9.46. The highest BCUT2D eigenvalue weighted by Gasteiger charge is 2.57. The fraction of sp³-hybridized carbons (Fsp3) is 0.720. The van der Waals surface area contributed by atoms with E-state index in [-0.39, 0.29) is 10.8 Å². The van der Waals surface area contributed by atoms with Crippen LogP contribution in [0.1, 0.15) is 72.6 Å². The second kappa shape index (κ2) is 6.44. The Morgan fingerprint density at radius 1 is 1.07 bits per heavy atom. The summed E-state index contributed by atoms with van der Waals surface area (Å²) in [5.41, 5.74) is 3.17. The van der Waals surface area contributed by atoms with Crippen LogP contribution in [-0.4, -0.2) is 17.0 Å². The molecule has 0 spiro atoms. The van der Waals surface area contributed by atoms with Gasteiger partial charge in [0, 0.05) is 0 Å². The van der Waals surface area contributed by atoms with Crippen LogP contribution in [-0.2, 0) is 4.79 Å². The van der Waals surface area contributed by atoms with E-state index in [2.05, 4.69) is 39.0 Å². The molecule has 4 aliphatic rings. The van der Waals surface area contributed by atoms with Gasteiger partial charge in [-0.15, -0.1) is 0 Å². The van der Waals surface area contributed by atoms with Crippen LogP contribution in [0.3, 0.4) is 0 Å². The Hall–Kier alpha value is -1.15. The van der Waals surface area contributed by atoms with Gasteiger partial charge in [0.05, 0.1) is 5.60 Å². The molecule has 0 unspecified atom stereocenters. The molecule has 148 valence electrons. The Bertz CT molecular complexity index is 712. The molecular weight excluding hydrogens is 332 g/mol. The van der Waals surface area contributed by atoms with Crippen molar-refractivity contribution in [2.45, 2.75) is 78.2 Å². The molecule has 0 aromatic carbocycles. The maximum atomic E-state index is 10.8. The third kappa shape index (κ3) is 2.90. The van der Waals surface area contributed by atoms with Crippen LogP contribution >= 0.6 is 0 Å². The van der Waals surface area contributed by atoms with E-state index in [1.54, 1.807) is 11.6 Å². The summed E-state index contributed by atoms with van der Waals surface area (Å²) in [5, 5.41) is 10.6. The molecule has 0 amide bonds. The largest absolute Gasteiger partial charge is 0.390 e. The van der Waals surface area contributed by atoms with E-state index in [9.17, 15) is 9.90 Å². The Kier molecular flexibility index (Phi) is 4.57. The van der Waals surface area contributed by atoms with Crippen LogP contribution in [0, 0.1) is 34.5 Å². The predicted octanol–water partition coefficient (Wildman–Crippen LogP) is 5.63. The average Bonchev–Trinajstić information content (AvgIpc) is 2.97. The van der Waals surface area contributed by atoms with Gasteiger partial charge in [-0.05, 0) is 92.4 Å². The molecule has 0 aromatic rings. The molecule has 2 fully saturated rings. The van der Waals surface area contributed by atoms with Crippen molar-refractivity contribution in [2.75, 3.05) is 0 Å². The van der Waals surface area contributed by atoms with Gasteiger partial charge >= 0.3 is 0 Å². The second-order valence-electron chi connectivity index (χ2n) is 10.6. The molecule has 2 saturated carbocycles. The SMILES string of the molecule is C[C@H](/C=C/C=O)C1=CC[C@H]2[C@@H]3CC=C4C[C@@](C)(O)CC[C@]4(C)[C@H]3CC[C@]12C. The summed E-state index contributed by atoms with van der Waals surface area (Å²) >= 11 is 0. The van der Waals surface area contributed by atoms with Crippen molar-refractivity contribution in [3.8, 4) is 0 Å². The fourth-order valence-corrected chi connectivity index (χ4v) is 7.43. The van der Waals surface area contributed by atoms with Gasteiger partial charge in [0.2, 0.25) is 0 Å². The van der Waals surface area contributed by atoms with Gasteiger partial charge in [-0.3, -0.25) is 4.79 Å². The van der Waals surface area contributed by atoms with Crippen LogP contribution in [0.5, 0.6) is 0 Å². The maximum Gasteiger partial charge on any atom is 0.142 e. The summed E-state index contributed by atoms with van der Waals surface area (Å²) in [6.07, 6.45) is 17.5. The zero-order valence-corrected chi connectivity index (χ0v) is 17.5. The first-order valence-electron chi connectivity index (χ1n) is 11.0. The minimum absolute atomic E-state index is 0.287. The highest BCUT2D eigenvalue weighted by atomic mass is 16.3. The topological polar surface area (TPSA) is 37.3 Å². The highest BCUT2D eigenvalue weighted by Crippen LogP contribution is 2.66. The molecule has 1 N–H and O–H groups in total. The van der Waals surface area contributed by atoms with E-state index in [0.717, 1.165) is 43.3 Å². The summed E-state index contributed by atoms with van der Waals surface area (Å²) < 4.78 is 0. The summed E-state index contributed by atoms with van der Waals surface area (Å²) in [7, 11) is 0. The third-order valence-electron chi connectivity index (χ3n) is 8.99. The van der Waals surface area contributed by atoms with Crippen molar-refractivity contribution in [3.63, 3.8) is 0 Å². The Morgan fingerprint density at radius 2 is 1.85 bits per heavy atom. The molecule has 2 nitrogen and oxygen atoms in total. The Balaban J connectivity index is 1.61. The lowest BCUT2D eigenvalue weighted by Crippen LogP contribution is -2.51. The second-order valence-corrected chi connectivity index (χ2v) is 10.6. The predicted molar refractivity (Wildman–Crippen MR) is 110 cm³/mol. The van der Waals surface area contributed by atoms with Gasteiger partial charge < -0.3 is 5.11 Å². The van der Waals surface area contributed by atoms with E-state index in [0.29, 0.717) is 5.92 Å². The van der Waals surface area contributed by atoms with Crippen molar-refractivity contribution in [3.05, 3.63) is 35.5 Å². The molecule has 27 heavy (non-hydrogen) atoms. The summed E-state index contributed by atoms with van der Waals surface area (Å²) in [5.74, 6) is 2.61. The first kappa shape index (κ1) is 19.2. The monoisotopic (exact) mass is 368 g/mol. The minimum Gasteiger partial charge on any atom is -0.390 e. The molecule has 0 aromatic heterocycles. The van der Waals surface area contributed by atoms with Gasteiger partial charge in [-0.25, -0.2) is 0 Å². The van der Waals surface area contributed by atoms with E-state index in [4.69, 9.17) is 0 Å². The number of carbonyl (C=O) groups is 1. The van der Waals surface area contributed by atoms with Crippen molar-refractivity contribution >= 4 is 6.29 Å². The van der Waals surface area contributed by atoms with Crippen molar-refractivity contribution in [1.29, 1.82) is 0 Å². The van der Waals surface area contributed by atoms with Gasteiger partial charge in [0.1, 0.15) is 6.29 Å². The smallest absolute Gasteiger partial charge is 0.142 e. The lowest BCUT2D eigenvalue weighted by molar-refractivity contribution is -0.104. The van der Waals surface area contributed by atoms with Crippen LogP contribution < -0.4 is 0 Å². The molecule has 4 aliphatic carbocycles. The van der Waals surface area contributed by atoms with Crippen LogP contribution in [0.15, 0.2) is 35.5 Å². The van der Waals surface area contributed by atoms with Gasteiger partial charge in [0.15, 0.2) is 0 Å². The van der Waals surface area contributed by atoms with E-state index >= 15 is 0 Å². The molecule has 4 rings (SSSR count). The van der Waals surface area contributed by atoms with Crippen LogP contribution in [0.2, 0.25) is 0 Å². The molecular formula is C25H36O2. The molecule has 7 atom stereocenters. The number of hydrogen-bond donors (Lipinski definition) is 1. The molecule has 0 saturated heterocycles.